The Kier molecular flexibility index (Phi) is 3.92. The van der Waals surface area contributed by atoms with Gasteiger partial charge in [0.25, 0.3) is 0 Å². The zero-order valence-electron chi connectivity index (χ0n) is 7.98. The van der Waals surface area contributed by atoms with Crippen LogP contribution < -0.4 is 11.5 Å². The average Bonchev–Trinajstić information content (AvgIpc) is 1.84. The lowest BCUT2D eigenvalue weighted by molar-refractivity contribution is 0.541. The van der Waals surface area contributed by atoms with Crippen molar-refractivity contribution in [3.8, 4) is 0 Å². The summed E-state index contributed by atoms with van der Waals surface area (Å²) in [4.78, 5) is 0. The predicted molar refractivity (Wildman–Crippen MR) is 54.2 cm³/mol. The molecule has 0 aliphatic heterocycles. The third-order valence-electron chi connectivity index (χ3n) is 1.42. The molecule has 0 atom stereocenters. The molecule has 0 spiro atoms. The summed E-state index contributed by atoms with van der Waals surface area (Å²) in [6, 6.07) is 0. The minimum absolute atomic E-state index is 0.633. The molecule has 0 amide bonds. The predicted octanol–water partition coefficient (Wildman–Crippen LogP) is 0.409. The topological polar surface area (TPSA) is 61.3 Å². The summed E-state index contributed by atoms with van der Waals surface area (Å²) in [7, 11) is -3.15. The van der Waals surface area contributed by atoms with Crippen molar-refractivity contribution in [3.05, 3.63) is 0 Å². The van der Waals surface area contributed by atoms with Crippen molar-refractivity contribution in [1.82, 2.24) is 0 Å². The van der Waals surface area contributed by atoms with Gasteiger partial charge < -0.3 is 15.6 Å². The standard InChI is InChI=1S/C6H20N2OSi2/c1-10(2,3)9-11(4,5-7)6-8/h5-8H2,1-4H3. The van der Waals surface area contributed by atoms with E-state index in [1.54, 1.807) is 0 Å². The molecule has 0 bridgehead atoms. The summed E-state index contributed by atoms with van der Waals surface area (Å²) in [5, 5.41) is 0. The molecule has 0 unspecified atom stereocenters. The van der Waals surface area contributed by atoms with Crippen LogP contribution in [0.15, 0.2) is 0 Å². The highest BCUT2D eigenvalue weighted by Gasteiger charge is 2.31. The van der Waals surface area contributed by atoms with E-state index < -0.39 is 16.6 Å². The molecule has 0 aromatic carbocycles. The minimum Gasteiger partial charge on any atom is -0.454 e. The van der Waals surface area contributed by atoms with Crippen molar-refractivity contribution in [1.29, 1.82) is 0 Å². The Labute approximate surface area is 71.4 Å². The lowest BCUT2D eigenvalue weighted by atomic mass is 11.5. The largest absolute Gasteiger partial charge is 0.454 e. The van der Waals surface area contributed by atoms with Crippen LogP contribution >= 0.6 is 0 Å². The molecule has 5 heteroatoms. The van der Waals surface area contributed by atoms with E-state index in [0.717, 1.165) is 0 Å². The molecule has 0 radical (unpaired) electrons. The van der Waals surface area contributed by atoms with E-state index in [4.69, 9.17) is 15.6 Å². The number of rotatable bonds is 4. The van der Waals surface area contributed by atoms with Crippen molar-refractivity contribution in [2.75, 3.05) is 12.3 Å². The normalized spacial score (nSPS) is 13.6. The second kappa shape index (κ2) is 3.82. The summed E-state index contributed by atoms with van der Waals surface area (Å²) in [6.07, 6.45) is 1.27. The first-order chi connectivity index (χ1) is 4.83. The Morgan fingerprint density at radius 3 is 1.45 bits per heavy atom. The highest BCUT2D eigenvalue weighted by atomic mass is 28.4. The van der Waals surface area contributed by atoms with Gasteiger partial charge in [0.05, 0.1) is 0 Å². The zero-order valence-corrected chi connectivity index (χ0v) is 9.98. The first-order valence-electron chi connectivity index (χ1n) is 3.93. The molecular formula is C6H20N2OSi2. The second-order valence-electron chi connectivity index (χ2n) is 4.07. The fourth-order valence-corrected chi connectivity index (χ4v) is 7.65. The summed E-state index contributed by atoms with van der Waals surface area (Å²) < 4.78 is 5.95. The maximum absolute atomic E-state index is 5.95. The number of hydrogen-bond acceptors (Lipinski definition) is 3. The van der Waals surface area contributed by atoms with Crippen molar-refractivity contribution < 1.29 is 4.12 Å². The van der Waals surface area contributed by atoms with Gasteiger partial charge in [0.2, 0.25) is 8.32 Å². The van der Waals surface area contributed by atoms with Crippen LogP contribution in [0, 0.1) is 0 Å². The van der Waals surface area contributed by atoms with E-state index in [1.807, 2.05) is 0 Å². The van der Waals surface area contributed by atoms with Crippen LogP contribution in [0.1, 0.15) is 0 Å². The third kappa shape index (κ3) is 4.70. The van der Waals surface area contributed by atoms with E-state index in [0.29, 0.717) is 12.3 Å². The Morgan fingerprint density at radius 2 is 1.36 bits per heavy atom. The molecule has 0 aromatic rings. The van der Waals surface area contributed by atoms with E-state index in [2.05, 4.69) is 26.2 Å². The Balaban J connectivity index is 4.08. The van der Waals surface area contributed by atoms with E-state index >= 15 is 0 Å². The summed E-state index contributed by atoms with van der Waals surface area (Å²) in [5.41, 5.74) is 11.2. The second-order valence-corrected chi connectivity index (χ2v) is 12.8. The molecular weight excluding hydrogens is 172 g/mol. The maximum Gasteiger partial charge on any atom is 0.203 e. The molecule has 3 nitrogen and oxygen atoms in total. The van der Waals surface area contributed by atoms with E-state index in [1.165, 1.54) is 0 Å². The van der Waals surface area contributed by atoms with Gasteiger partial charge in [0, 0.05) is 12.3 Å². The van der Waals surface area contributed by atoms with Crippen LogP contribution in [0.5, 0.6) is 0 Å². The monoisotopic (exact) mass is 192 g/mol. The van der Waals surface area contributed by atoms with Gasteiger partial charge in [0.1, 0.15) is 0 Å². The molecule has 68 valence electrons. The van der Waals surface area contributed by atoms with Crippen molar-refractivity contribution in [3.63, 3.8) is 0 Å². The van der Waals surface area contributed by atoms with Crippen LogP contribution in [0.4, 0.5) is 0 Å². The Morgan fingerprint density at radius 1 is 1.00 bits per heavy atom. The number of hydrogen-bond donors (Lipinski definition) is 2. The molecule has 4 N–H and O–H groups in total. The highest BCUT2D eigenvalue weighted by molar-refractivity contribution is 6.85. The zero-order chi connectivity index (χ0) is 9.12. The lowest BCUT2D eigenvalue weighted by Gasteiger charge is -2.32. The van der Waals surface area contributed by atoms with Crippen molar-refractivity contribution in [2.45, 2.75) is 26.2 Å². The van der Waals surface area contributed by atoms with Gasteiger partial charge in [-0.2, -0.15) is 0 Å². The summed E-state index contributed by atoms with van der Waals surface area (Å²) in [5.74, 6) is 0. The van der Waals surface area contributed by atoms with E-state index in [-0.39, 0.29) is 0 Å². The summed E-state index contributed by atoms with van der Waals surface area (Å²) in [6.45, 7) is 8.61. The quantitative estimate of drug-likeness (QED) is 0.634. The van der Waals surface area contributed by atoms with Crippen LogP contribution in [0.25, 0.3) is 0 Å². The highest BCUT2D eigenvalue weighted by Crippen LogP contribution is 2.11. The first kappa shape index (κ1) is 11.3. The molecule has 0 aliphatic rings. The van der Waals surface area contributed by atoms with Gasteiger partial charge in [-0.3, -0.25) is 0 Å². The first-order valence-corrected chi connectivity index (χ1v) is 10.2. The number of nitrogens with two attached hydrogens (primary N) is 2. The summed E-state index contributed by atoms with van der Waals surface area (Å²) >= 11 is 0. The fraction of sp³-hybridized carbons (Fsp3) is 1.00. The molecule has 0 aromatic heterocycles. The molecule has 0 saturated heterocycles. The van der Waals surface area contributed by atoms with Gasteiger partial charge >= 0.3 is 0 Å². The third-order valence-corrected chi connectivity index (χ3v) is 7.56. The van der Waals surface area contributed by atoms with Gasteiger partial charge in [-0.1, -0.05) is 0 Å². The van der Waals surface area contributed by atoms with Crippen LogP contribution in [-0.4, -0.2) is 29.0 Å². The Bertz CT molecular complexity index is 120. The molecule has 0 saturated carbocycles. The minimum atomic E-state index is -1.72. The lowest BCUT2D eigenvalue weighted by Crippen LogP contribution is -2.55. The van der Waals surface area contributed by atoms with Crippen molar-refractivity contribution in [2.24, 2.45) is 11.5 Å². The van der Waals surface area contributed by atoms with Gasteiger partial charge in [-0.25, -0.2) is 0 Å². The van der Waals surface area contributed by atoms with Gasteiger partial charge in [-0.05, 0) is 26.2 Å². The van der Waals surface area contributed by atoms with Crippen LogP contribution in [0.3, 0.4) is 0 Å². The smallest absolute Gasteiger partial charge is 0.203 e. The van der Waals surface area contributed by atoms with Gasteiger partial charge in [0.15, 0.2) is 8.32 Å². The molecule has 0 rings (SSSR count). The molecule has 0 aliphatic carbocycles. The average molecular weight is 192 g/mol. The molecule has 0 heterocycles. The van der Waals surface area contributed by atoms with Gasteiger partial charge in [-0.15, -0.1) is 0 Å². The fourth-order valence-electron chi connectivity index (χ4n) is 0.906. The van der Waals surface area contributed by atoms with E-state index in [9.17, 15) is 0 Å². The van der Waals surface area contributed by atoms with Crippen molar-refractivity contribution >= 4 is 16.6 Å². The molecule has 11 heavy (non-hydrogen) atoms. The van der Waals surface area contributed by atoms with Crippen LogP contribution in [-0.2, 0) is 4.12 Å². The SMILES string of the molecule is C[Si](C)(C)O[Si](C)(CN)CN. The Hall–Kier alpha value is 0.314. The molecule has 0 fully saturated rings. The maximum atomic E-state index is 5.95. The van der Waals surface area contributed by atoms with Crippen LogP contribution in [0.2, 0.25) is 26.2 Å².